The molecule has 0 aromatic carbocycles. The summed E-state index contributed by atoms with van der Waals surface area (Å²) in [7, 11) is 0. The summed E-state index contributed by atoms with van der Waals surface area (Å²) in [4.78, 5) is 12.8. The number of rotatable bonds is 2. The summed E-state index contributed by atoms with van der Waals surface area (Å²) in [5, 5.41) is 13.3. The highest BCUT2D eigenvalue weighted by molar-refractivity contribution is 7.10. The molecule has 1 saturated heterocycles. The largest absolute Gasteiger partial charge is 0.384 e. The quantitative estimate of drug-likeness (QED) is 0.784. The molecular weight excluding hydrogens is 250 g/mol. The Labute approximate surface area is 110 Å². The third-order valence-electron chi connectivity index (χ3n) is 2.85. The van der Waals surface area contributed by atoms with Crippen LogP contribution in [0.2, 0.25) is 0 Å². The molecule has 2 unspecified atom stereocenters. The van der Waals surface area contributed by atoms with E-state index in [9.17, 15) is 4.79 Å². The molecule has 2 heterocycles. The van der Waals surface area contributed by atoms with Gasteiger partial charge in [-0.15, -0.1) is 11.3 Å². The third-order valence-corrected chi connectivity index (χ3v) is 3.69. The number of ether oxygens (including phenoxy) is 1. The number of carbonyl (C=O) groups is 1. The summed E-state index contributed by atoms with van der Waals surface area (Å²) in [6.45, 7) is 2.49. The van der Waals surface area contributed by atoms with Crippen molar-refractivity contribution < 1.29 is 14.6 Å². The zero-order chi connectivity index (χ0) is 13.0. The number of amides is 1. The van der Waals surface area contributed by atoms with Crippen LogP contribution < -0.4 is 5.32 Å². The monoisotopic (exact) mass is 265 g/mol. The minimum Gasteiger partial charge on any atom is -0.384 e. The second-order valence-corrected chi connectivity index (χ2v) is 5.02. The van der Waals surface area contributed by atoms with Gasteiger partial charge in [0.15, 0.2) is 0 Å². The molecule has 0 aliphatic carbocycles. The van der Waals surface area contributed by atoms with Crippen molar-refractivity contribution in [3.05, 3.63) is 21.9 Å². The van der Waals surface area contributed by atoms with Gasteiger partial charge in [-0.1, -0.05) is 11.8 Å². The molecule has 2 atom stereocenters. The van der Waals surface area contributed by atoms with Gasteiger partial charge in [0.1, 0.15) is 6.61 Å². The van der Waals surface area contributed by atoms with Crippen LogP contribution >= 0.6 is 11.3 Å². The molecule has 2 N–H and O–H groups in total. The molecule has 1 aromatic rings. The lowest BCUT2D eigenvalue weighted by molar-refractivity contribution is 0.0866. The summed E-state index contributed by atoms with van der Waals surface area (Å²) in [5.74, 6) is 5.26. The molecule has 4 nitrogen and oxygen atoms in total. The number of thiophene rings is 1. The van der Waals surface area contributed by atoms with Crippen molar-refractivity contribution >= 4 is 17.2 Å². The second-order valence-electron chi connectivity index (χ2n) is 4.10. The lowest BCUT2D eigenvalue weighted by Crippen LogP contribution is -2.38. The number of aliphatic hydroxyl groups is 1. The summed E-state index contributed by atoms with van der Waals surface area (Å²) in [6.07, 6.45) is 0.926. The van der Waals surface area contributed by atoms with Gasteiger partial charge in [-0.3, -0.25) is 4.79 Å². The summed E-state index contributed by atoms with van der Waals surface area (Å²) in [5.41, 5.74) is 0.612. The van der Waals surface area contributed by atoms with Crippen molar-refractivity contribution in [2.75, 3.05) is 13.2 Å². The Morgan fingerprint density at radius 2 is 2.56 bits per heavy atom. The first-order valence-electron chi connectivity index (χ1n) is 5.81. The Hall–Kier alpha value is -1.35. The molecule has 0 saturated carbocycles. The fourth-order valence-electron chi connectivity index (χ4n) is 1.82. The van der Waals surface area contributed by atoms with Crippen LogP contribution in [-0.4, -0.2) is 36.4 Å². The van der Waals surface area contributed by atoms with E-state index in [1.54, 1.807) is 11.4 Å². The topological polar surface area (TPSA) is 58.6 Å². The fourth-order valence-corrected chi connectivity index (χ4v) is 2.58. The predicted octanol–water partition coefficient (Wildman–Crippen LogP) is 0.999. The van der Waals surface area contributed by atoms with Gasteiger partial charge in [0.25, 0.3) is 5.91 Å². The van der Waals surface area contributed by atoms with Crippen LogP contribution in [0.5, 0.6) is 0 Å². The van der Waals surface area contributed by atoms with E-state index in [2.05, 4.69) is 17.2 Å². The number of carbonyl (C=O) groups excluding carboxylic acids is 1. The first-order valence-corrected chi connectivity index (χ1v) is 6.69. The van der Waals surface area contributed by atoms with Gasteiger partial charge in [0.2, 0.25) is 0 Å². The molecule has 5 heteroatoms. The highest BCUT2D eigenvalue weighted by atomic mass is 32.1. The van der Waals surface area contributed by atoms with E-state index >= 15 is 0 Å². The lowest BCUT2D eigenvalue weighted by Gasteiger charge is -2.15. The van der Waals surface area contributed by atoms with Crippen molar-refractivity contribution in [2.45, 2.75) is 25.5 Å². The Balaban J connectivity index is 1.98. The zero-order valence-electron chi connectivity index (χ0n) is 10.1. The Bertz CT molecular complexity index is 486. The maximum atomic E-state index is 12.0. The van der Waals surface area contributed by atoms with E-state index in [0.717, 1.165) is 11.3 Å². The minimum atomic E-state index is -0.170. The van der Waals surface area contributed by atoms with Gasteiger partial charge in [0, 0.05) is 12.0 Å². The number of nitrogens with one attached hydrogen (secondary N) is 1. The molecule has 1 amide bonds. The van der Waals surface area contributed by atoms with Gasteiger partial charge < -0.3 is 15.2 Å². The maximum Gasteiger partial charge on any atom is 0.252 e. The van der Waals surface area contributed by atoms with E-state index in [4.69, 9.17) is 9.84 Å². The minimum absolute atomic E-state index is 0.0706. The van der Waals surface area contributed by atoms with Gasteiger partial charge in [-0.2, -0.15) is 0 Å². The second kappa shape index (κ2) is 6.01. The molecule has 0 spiro atoms. The number of hydrogen-bond acceptors (Lipinski definition) is 4. The van der Waals surface area contributed by atoms with Crippen molar-refractivity contribution in [3.63, 3.8) is 0 Å². The smallest absolute Gasteiger partial charge is 0.252 e. The van der Waals surface area contributed by atoms with Gasteiger partial charge in [-0.25, -0.2) is 0 Å². The summed E-state index contributed by atoms with van der Waals surface area (Å²) < 4.78 is 5.40. The molecule has 0 bridgehead atoms. The van der Waals surface area contributed by atoms with Crippen molar-refractivity contribution in [1.29, 1.82) is 0 Å². The average molecular weight is 265 g/mol. The third kappa shape index (κ3) is 3.10. The maximum absolute atomic E-state index is 12.0. The molecule has 0 radical (unpaired) electrons. The fraction of sp³-hybridized carbons (Fsp3) is 0.462. The normalized spacial score (nSPS) is 22.3. The van der Waals surface area contributed by atoms with Gasteiger partial charge in [0.05, 0.1) is 22.6 Å². The van der Waals surface area contributed by atoms with Crippen molar-refractivity contribution in [2.24, 2.45) is 0 Å². The molecule has 1 aliphatic rings. The van der Waals surface area contributed by atoms with Crippen LogP contribution in [0.1, 0.15) is 28.6 Å². The lowest BCUT2D eigenvalue weighted by atomic mass is 10.1. The van der Waals surface area contributed by atoms with Crippen LogP contribution in [-0.2, 0) is 4.74 Å². The molecule has 2 rings (SSSR count). The zero-order valence-corrected chi connectivity index (χ0v) is 10.9. The highest BCUT2D eigenvalue weighted by Crippen LogP contribution is 2.16. The molecule has 96 valence electrons. The van der Waals surface area contributed by atoms with Crippen LogP contribution in [0.25, 0.3) is 0 Å². The van der Waals surface area contributed by atoms with Crippen LogP contribution in [0.3, 0.4) is 0 Å². The van der Waals surface area contributed by atoms with Crippen molar-refractivity contribution in [3.8, 4) is 11.8 Å². The van der Waals surface area contributed by atoms with Crippen LogP contribution in [0, 0.1) is 11.8 Å². The Kier molecular flexibility index (Phi) is 4.37. The SMILES string of the molecule is CC1OCCC1NC(=O)c1csc(C#CCO)c1. The van der Waals surface area contributed by atoms with Gasteiger partial charge >= 0.3 is 0 Å². The highest BCUT2D eigenvalue weighted by Gasteiger charge is 2.26. The molecular formula is C13H15NO3S. The first-order chi connectivity index (χ1) is 8.70. The summed E-state index contributed by atoms with van der Waals surface area (Å²) >= 11 is 1.40. The van der Waals surface area contributed by atoms with E-state index in [1.807, 2.05) is 6.92 Å². The first kappa shape index (κ1) is 13.1. The summed E-state index contributed by atoms with van der Waals surface area (Å²) in [6, 6.07) is 1.83. The van der Waals surface area contributed by atoms with E-state index in [0.29, 0.717) is 12.2 Å². The molecule has 1 aromatic heterocycles. The van der Waals surface area contributed by atoms with Crippen LogP contribution in [0.15, 0.2) is 11.4 Å². The van der Waals surface area contributed by atoms with Gasteiger partial charge in [-0.05, 0) is 19.4 Å². The van der Waals surface area contributed by atoms with E-state index < -0.39 is 0 Å². The Morgan fingerprint density at radius 3 is 3.22 bits per heavy atom. The predicted molar refractivity (Wildman–Crippen MR) is 69.6 cm³/mol. The van der Waals surface area contributed by atoms with E-state index in [-0.39, 0.29) is 24.7 Å². The number of hydrogen-bond donors (Lipinski definition) is 2. The Morgan fingerprint density at radius 1 is 1.72 bits per heavy atom. The molecule has 1 aliphatic heterocycles. The van der Waals surface area contributed by atoms with Crippen molar-refractivity contribution in [1.82, 2.24) is 5.32 Å². The molecule has 18 heavy (non-hydrogen) atoms. The van der Waals surface area contributed by atoms with E-state index in [1.165, 1.54) is 11.3 Å². The molecule has 1 fully saturated rings. The standard InChI is InChI=1S/C13H15NO3S/c1-9-12(4-6-17-9)14-13(16)10-7-11(18-8-10)3-2-5-15/h7-9,12,15H,4-6H2,1H3,(H,14,16). The van der Waals surface area contributed by atoms with Crippen LogP contribution in [0.4, 0.5) is 0 Å². The number of aliphatic hydroxyl groups excluding tert-OH is 1. The average Bonchev–Trinajstić information content (AvgIpc) is 2.97.